The van der Waals surface area contributed by atoms with Crippen LogP contribution in [0.3, 0.4) is 0 Å². The fourth-order valence-electron chi connectivity index (χ4n) is 1.99. The lowest BCUT2D eigenvalue weighted by atomic mass is 9.92. The van der Waals surface area contributed by atoms with Crippen LogP contribution in [0.4, 0.5) is 0 Å². The number of nitrogens with zero attached hydrogens (tertiary/aromatic N) is 2. The molecule has 0 fully saturated rings. The molecule has 1 N–H and O–H groups in total. The molecular formula is C13H25N3. The van der Waals surface area contributed by atoms with Gasteiger partial charge < -0.3 is 9.88 Å². The van der Waals surface area contributed by atoms with E-state index < -0.39 is 0 Å². The third-order valence-corrected chi connectivity index (χ3v) is 3.27. The molecule has 0 spiro atoms. The van der Waals surface area contributed by atoms with Crippen molar-refractivity contribution in [1.29, 1.82) is 0 Å². The van der Waals surface area contributed by atoms with Gasteiger partial charge in [0, 0.05) is 25.4 Å². The first kappa shape index (κ1) is 13.2. The highest BCUT2D eigenvalue weighted by molar-refractivity contribution is 4.94. The van der Waals surface area contributed by atoms with E-state index in [1.165, 1.54) is 12.2 Å². The summed E-state index contributed by atoms with van der Waals surface area (Å²) in [5, 5.41) is 3.24. The van der Waals surface area contributed by atoms with E-state index in [-0.39, 0.29) is 0 Å². The Balaban J connectivity index is 2.54. The van der Waals surface area contributed by atoms with Crippen LogP contribution in [-0.4, -0.2) is 23.1 Å². The molecular weight excluding hydrogens is 198 g/mol. The van der Waals surface area contributed by atoms with Gasteiger partial charge in [0.1, 0.15) is 5.82 Å². The first-order valence-corrected chi connectivity index (χ1v) is 6.33. The van der Waals surface area contributed by atoms with E-state index in [0.717, 1.165) is 19.5 Å². The highest BCUT2D eigenvalue weighted by atomic mass is 15.1. The molecule has 2 unspecified atom stereocenters. The van der Waals surface area contributed by atoms with Crippen LogP contribution in [0, 0.1) is 11.8 Å². The average Bonchev–Trinajstić information content (AvgIpc) is 2.67. The predicted molar refractivity (Wildman–Crippen MR) is 68.5 cm³/mol. The van der Waals surface area contributed by atoms with Crippen molar-refractivity contribution in [3.8, 4) is 0 Å². The van der Waals surface area contributed by atoms with Gasteiger partial charge in [-0.05, 0) is 31.8 Å². The van der Waals surface area contributed by atoms with E-state index in [0.29, 0.717) is 11.8 Å². The van der Waals surface area contributed by atoms with Crippen molar-refractivity contribution >= 4 is 0 Å². The Morgan fingerprint density at radius 1 is 1.38 bits per heavy atom. The van der Waals surface area contributed by atoms with Crippen LogP contribution in [0.25, 0.3) is 0 Å². The van der Waals surface area contributed by atoms with Gasteiger partial charge in [0.15, 0.2) is 0 Å². The predicted octanol–water partition coefficient (Wildman–Crippen LogP) is 2.33. The molecule has 0 saturated carbocycles. The smallest absolute Gasteiger partial charge is 0.108 e. The Morgan fingerprint density at radius 3 is 2.75 bits per heavy atom. The third kappa shape index (κ3) is 3.63. The number of aryl methyl sites for hydroxylation is 1. The summed E-state index contributed by atoms with van der Waals surface area (Å²) in [5.41, 5.74) is 0. The minimum atomic E-state index is 0.672. The van der Waals surface area contributed by atoms with Crippen LogP contribution in [-0.2, 0) is 13.0 Å². The zero-order valence-corrected chi connectivity index (χ0v) is 11.0. The number of imidazole rings is 1. The summed E-state index contributed by atoms with van der Waals surface area (Å²) in [7, 11) is 2.02. The van der Waals surface area contributed by atoms with Gasteiger partial charge in [-0.1, -0.05) is 20.8 Å². The summed E-state index contributed by atoms with van der Waals surface area (Å²) in [4.78, 5) is 4.46. The van der Waals surface area contributed by atoms with Gasteiger partial charge in [-0.2, -0.15) is 0 Å². The number of hydrogen-bond donors (Lipinski definition) is 1. The quantitative estimate of drug-likeness (QED) is 0.769. The molecule has 0 aromatic carbocycles. The molecule has 1 aromatic heterocycles. The maximum absolute atomic E-state index is 4.46. The van der Waals surface area contributed by atoms with Gasteiger partial charge in [0.05, 0.1) is 0 Å². The number of rotatable bonds is 7. The molecule has 1 aromatic rings. The minimum Gasteiger partial charge on any atom is -0.335 e. The van der Waals surface area contributed by atoms with Crippen LogP contribution in [0.2, 0.25) is 0 Å². The van der Waals surface area contributed by atoms with Crippen LogP contribution in [0.5, 0.6) is 0 Å². The molecule has 3 heteroatoms. The molecule has 0 aliphatic rings. The van der Waals surface area contributed by atoms with E-state index >= 15 is 0 Å². The van der Waals surface area contributed by atoms with Gasteiger partial charge in [-0.25, -0.2) is 4.98 Å². The molecule has 92 valence electrons. The van der Waals surface area contributed by atoms with Crippen LogP contribution < -0.4 is 5.32 Å². The van der Waals surface area contributed by atoms with Crippen molar-refractivity contribution in [2.24, 2.45) is 11.8 Å². The lowest BCUT2D eigenvalue weighted by Crippen LogP contribution is -2.24. The second-order valence-corrected chi connectivity index (χ2v) is 4.75. The second kappa shape index (κ2) is 6.69. The molecule has 0 amide bonds. The molecule has 0 saturated heterocycles. The number of hydrogen-bond acceptors (Lipinski definition) is 2. The molecule has 2 atom stereocenters. The van der Waals surface area contributed by atoms with Crippen LogP contribution in [0.1, 0.15) is 33.0 Å². The minimum absolute atomic E-state index is 0.672. The lowest BCUT2D eigenvalue weighted by molar-refractivity contribution is 0.364. The topological polar surface area (TPSA) is 29.9 Å². The highest BCUT2D eigenvalue weighted by Crippen LogP contribution is 2.15. The molecule has 0 aliphatic carbocycles. The van der Waals surface area contributed by atoms with Gasteiger partial charge in [-0.15, -0.1) is 0 Å². The average molecular weight is 223 g/mol. The van der Waals surface area contributed by atoms with Crippen molar-refractivity contribution < 1.29 is 0 Å². The molecule has 3 nitrogen and oxygen atoms in total. The van der Waals surface area contributed by atoms with Crippen molar-refractivity contribution in [3.63, 3.8) is 0 Å². The Morgan fingerprint density at radius 2 is 2.12 bits per heavy atom. The van der Waals surface area contributed by atoms with Crippen molar-refractivity contribution in [2.75, 3.05) is 13.6 Å². The first-order valence-electron chi connectivity index (χ1n) is 6.33. The van der Waals surface area contributed by atoms with Gasteiger partial charge in [0.25, 0.3) is 0 Å². The summed E-state index contributed by atoms with van der Waals surface area (Å²) >= 11 is 0. The molecule has 16 heavy (non-hydrogen) atoms. The second-order valence-electron chi connectivity index (χ2n) is 4.75. The largest absolute Gasteiger partial charge is 0.335 e. The Bertz CT molecular complexity index is 293. The summed E-state index contributed by atoms with van der Waals surface area (Å²) in [6.07, 6.45) is 6.26. The SMILES string of the molecule is CCCn1ccnc1CC(C)C(C)CNC. The summed E-state index contributed by atoms with van der Waals surface area (Å²) < 4.78 is 2.28. The van der Waals surface area contributed by atoms with Gasteiger partial charge >= 0.3 is 0 Å². The molecule has 0 radical (unpaired) electrons. The Hall–Kier alpha value is -0.830. The Kier molecular flexibility index (Phi) is 5.53. The zero-order chi connectivity index (χ0) is 12.0. The van der Waals surface area contributed by atoms with E-state index in [2.05, 4.69) is 41.8 Å². The first-order chi connectivity index (χ1) is 7.69. The summed E-state index contributed by atoms with van der Waals surface area (Å²) in [5.74, 6) is 2.60. The number of nitrogens with one attached hydrogen (secondary N) is 1. The summed E-state index contributed by atoms with van der Waals surface area (Å²) in [6.45, 7) is 8.98. The maximum Gasteiger partial charge on any atom is 0.108 e. The van der Waals surface area contributed by atoms with Gasteiger partial charge in [-0.3, -0.25) is 0 Å². The van der Waals surface area contributed by atoms with Crippen LogP contribution in [0.15, 0.2) is 12.4 Å². The Labute approximate surface area is 99.3 Å². The van der Waals surface area contributed by atoms with Crippen molar-refractivity contribution in [2.45, 2.75) is 40.2 Å². The highest BCUT2D eigenvalue weighted by Gasteiger charge is 2.14. The van der Waals surface area contributed by atoms with E-state index in [4.69, 9.17) is 0 Å². The molecule has 0 bridgehead atoms. The zero-order valence-electron chi connectivity index (χ0n) is 11.0. The normalized spacial score (nSPS) is 15.0. The molecule has 0 aliphatic heterocycles. The van der Waals surface area contributed by atoms with Crippen molar-refractivity contribution in [1.82, 2.24) is 14.9 Å². The lowest BCUT2D eigenvalue weighted by Gasteiger charge is -2.19. The third-order valence-electron chi connectivity index (χ3n) is 3.27. The molecule has 1 rings (SSSR count). The standard InChI is InChI=1S/C13H25N3/c1-5-7-16-8-6-15-13(16)9-11(2)12(3)10-14-4/h6,8,11-12,14H,5,7,9-10H2,1-4H3. The van der Waals surface area contributed by atoms with Gasteiger partial charge in [0.2, 0.25) is 0 Å². The fourth-order valence-corrected chi connectivity index (χ4v) is 1.99. The van der Waals surface area contributed by atoms with E-state index in [1.54, 1.807) is 0 Å². The molecule has 1 heterocycles. The maximum atomic E-state index is 4.46. The number of aromatic nitrogens is 2. The monoisotopic (exact) mass is 223 g/mol. The summed E-state index contributed by atoms with van der Waals surface area (Å²) in [6, 6.07) is 0. The van der Waals surface area contributed by atoms with Crippen molar-refractivity contribution in [3.05, 3.63) is 18.2 Å². The van der Waals surface area contributed by atoms with E-state index in [9.17, 15) is 0 Å². The van der Waals surface area contributed by atoms with Crippen LogP contribution >= 0.6 is 0 Å². The van der Waals surface area contributed by atoms with E-state index in [1.807, 2.05) is 13.2 Å². The fraction of sp³-hybridized carbons (Fsp3) is 0.769.